The quantitative estimate of drug-likeness (QED) is 0.585. The standard InChI is InChI=1S/C23H27N3O2S2/c27-30(28,26-23-13-16-10-17(14-23)12-18(11-16)15-23)21-8-6-20(7-9-21)25-22(29)24-19-4-2-1-3-5-19/h1-9,16-18,26H,10-15H2,(H2,24,25,29). The summed E-state index contributed by atoms with van der Waals surface area (Å²) in [6, 6.07) is 16.5. The highest BCUT2D eigenvalue weighted by atomic mass is 32.2. The number of hydrogen-bond acceptors (Lipinski definition) is 3. The molecule has 0 aliphatic heterocycles. The lowest BCUT2D eigenvalue weighted by Crippen LogP contribution is -2.59. The van der Waals surface area contributed by atoms with Crippen molar-refractivity contribution in [3.63, 3.8) is 0 Å². The van der Waals surface area contributed by atoms with Gasteiger partial charge in [0.15, 0.2) is 5.11 Å². The van der Waals surface area contributed by atoms with Crippen LogP contribution in [0.1, 0.15) is 38.5 Å². The van der Waals surface area contributed by atoms with E-state index in [1.165, 1.54) is 19.3 Å². The average molecular weight is 442 g/mol. The first kappa shape index (κ1) is 20.0. The SMILES string of the molecule is O=S(=O)(NC12CC3CC(CC(C3)C1)C2)c1ccc(NC(=S)Nc2ccccc2)cc1. The molecule has 4 fully saturated rings. The summed E-state index contributed by atoms with van der Waals surface area (Å²) in [5, 5.41) is 6.67. The summed E-state index contributed by atoms with van der Waals surface area (Å²) in [5.74, 6) is 2.09. The van der Waals surface area contributed by atoms with Gasteiger partial charge in [-0.1, -0.05) is 18.2 Å². The van der Waals surface area contributed by atoms with Crippen LogP contribution in [0.5, 0.6) is 0 Å². The molecule has 4 aliphatic carbocycles. The molecule has 6 rings (SSSR count). The Labute approximate surface area is 183 Å². The average Bonchev–Trinajstić information content (AvgIpc) is 2.67. The van der Waals surface area contributed by atoms with Crippen LogP contribution < -0.4 is 15.4 Å². The van der Waals surface area contributed by atoms with Crippen molar-refractivity contribution in [1.82, 2.24) is 4.72 Å². The minimum Gasteiger partial charge on any atom is -0.332 e. The molecule has 0 heterocycles. The van der Waals surface area contributed by atoms with Crippen LogP contribution in [0.3, 0.4) is 0 Å². The Morgan fingerprint density at radius 1 is 0.800 bits per heavy atom. The number of hydrogen-bond donors (Lipinski definition) is 3. The maximum atomic E-state index is 13.1. The lowest BCUT2D eigenvalue weighted by Gasteiger charge is -2.56. The second kappa shape index (κ2) is 7.62. The van der Waals surface area contributed by atoms with Crippen molar-refractivity contribution in [2.75, 3.05) is 10.6 Å². The number of rotatable bonds is 5. The van der Waals surface area contributed by atoms with Gasteiger partial charge in [-0.15, -0.1) is 0 Å². The van der Waals surface area contributed by atoms with Gasteiger partial charge in [-0.3, -0.25) is 0 Å². The van der Waals surface area contributed by atoms with E-state index in [2.05, 4.69) is 15.4 Å². The molecule has 2 aromatic carbocycles. The van der Waals surface area contributed by atoms with E-state index in [1.54, 1.807) is 24.3 Å². The summed E-state index contributed by atoms with van der Waals surface area (Å²) < 4.78 is 29.4. The van der Waals surface area contributed by atoms with Crippen LogP contribution in [0.4, 0.5) is 11.4 Å². The summed E-state index contributed by atoms with van der Waals surface area (Å²) in [4.78, 5) is 0.311. The highest BCUT2D eigenvalue weighted by Crippen LogP contribution is 2.55. The predicted molar refractivity (Wildman–Crippen MR) is 124 cm³/mol. The van der Waals surface area contributed by atoms with Crippen LogP contribution in [-0.2, 0) is 10.0 Å². The summed E-state index contributed by atoms with van der Waals surface area (Å²) in [6.07, 6.45) is 6.86. The third kappa shape index (κ3) is 4.11. The maximum absolute atomic E-state index is 13.1. The molecule has 0 unspecified atom stereocenters. The topological polar surface area (TPSA) is 70.2 Å². The van der Waals surface area contributed by atoms with Gasteiger partial charge in [0.2, 0.25) is 10.0 Å². The van der Waals surface area contributed by atoms with Gasteiger partial charge in [-0.25, -0.2) is 13.1 Å². The van der Waals surface area contributed by atoms with Gasteiger partial charge in [0, 0.05) is 16.9 Å². The normalized spacial score (nSPS) is 29.5. The van der Waals surface area contributed by atoms with Crippen molar-refractivity contribution in [3.8, 4) is 0 Å². The number of benzene rings is 2. The van der Waals surface area contributed by atoms with E-state index in [0.717, 1.165) is 30.6 Å². The minimum atomic E-state index is -3.54. The molecule has 7 heteroatoms. The largest absolute Gasteiger partial charge is 0.332 e. The van der Waals surface area contributed by atoms with Crippen LogP contribution >= 0.6 is 12.2 Å². The maximum Gasteiger partial charge on any atom is 0.241 e. The predicted octanol–water partition coefficient (Wildman–Crippen LogP) is 4.74. The van der Waals surface area contributed by atoms with E-state index in [-0.39, 0.29) is 5.54 Å². The molecule has 0 saturated heterocycles. The van der Waals surface area contributed by atoms with Gasteiger partial charge in [0.25, 0.3) is 0 Å². The summed E-state index contributed by atoms with van der Waals surface area (Å²) in [6.45, 7) is 0. The summed E-state index contributed by atoms with van der Waals surface area (Å²) >= 11 is 5.34. The van der Waals surface area contributed by atoms with E-state index >= 15 is 0 Å². The van der Waals surface area contributed by atoms with E-state index in [9.17, 15) is 8.42 Å². The van der Waals surface area contributed by atoms with E-state index in [0.29, 0.717) is 27.8 Å². The Balaban J connectivity index is 1.25. The first-order valence-corrected chi connectivity index (χ1v) is 12.6. The van der Waals surface area contributed by atoms with Gasteiger partial charge < -0.3 is 10.6 Å². The highest BCUT2D eigenvalue weighted by Gasteiger charge is 2.52. The summed E-state index contributed by atoms with van der Waals surface area (Å²) in [7, 11) is -3.54. The third-order valence-corrected chi connectivity index (χ3v) is 8.64. The fraction of sp³-hybridized carbons (Fsp3) is 0.435. The molecule has 0 spiro atoms. The van der Waals surface area contributed by atoms with Crippen LogP contribution in [0, 0.1) is 17.8 Å². The molecule has 4 bridgehead atoms. The number of sulfonamides is 1. The van der Waals surface area contributed by atoms with Crippen molar-refractivity contribution in [2.45, 2.75) is 49.0 Å². The monoisotopic (exact) mass is 441 g/mol. The van der Waals surface area contributed by atoms with Gasteiger partial charge in [0.05, 0.1) is 4.90 Å². The molecule has 0 aromatic heterocycles. The highest BCUT2D eigenvalue weighted by molar-refractivity contribution is 7.89. The van der Waals surface area contributed by atoms with Crippen LogP contribution in [0.15, 0.2) is 59.5 Å². The minimum absolute atomic E-state index is 0.230. The van der Waals surface area contributed by atoms with E-state index in [4.69, 9.17) is 12.2 Å². The smallest absolute Gasteiger partial charge is 0.241 e. The van der Waals surface area contributed by atoms with Crippen LogP contribution in [0.2, 0.25) is 0 Å². The zero-order valence-electron chi connectivity index (χ0n) is 16.8. The van der Waals surface area contributed by atoms with Crippen molar-refractivity contribution in [1.29, 1.82) is 0 Å². The zero-order valence-corrected chi connectivity index (χ0v) is 18.4. The molecule has 4 aliphatic rings. The molecule has 4 saturated carbocycles. The van der Waals surface area contributed by atoms with Crippen LogP contribution in [0.25, 0.3) is 0 Å². The lowest BCUT2D eigenvalue weighted by molar-refractivity contribution is -0.00810. The third-order valence-electron chi connectivity index (χ3n) is 6.84. The molecular formula is C23H27N3O2S2. The Bertz CT molecular complexity index is 1000. The Morgan fingerprint density at radius 3 is 1.83 bits per heavy atom. The molecule has 3 N–H and O–H groups in total. The second-order valence-electron chi connectivity index (χ2n) is 9.27. The van der Waals surface area contributed by atoms with E-state index < -0.39 is 10.0 Å². The van der Waals surface area contributed by atoms with E-state index in [1.807, 2.05) is 30.3 Å². The molecule has 30 heavy (non-hydrogen) atoms. The van der Waals surface area contributed by atoms with Gasteiger partial charge in [-0.2, -0.15) is 0 Å². The molecular weight excluding hydrogens is 414 g/mol. The Morgan fingerprint density at radius 2 is 1.30 bits per heavy atom. The molecule has 0 atom stereocenters. The number of thiocarbonyl (C=S) groups is 1. The fourth-order valence-electron chi connectivity index (χ4n) is 6.11. The lowest BCUT2D eigenvalue weighted by atomic mass is 9.53. The summed E-state index contributed by atoms with van der Waals surface area (Å²) in [5.41, 5.74) is 1.41. The second-order valence-corrected chi connectivity index (χ2v) is 11.4. The molecule has 5 nitrogen and oxygen atoms in total. The zero-order chi connectivity index (χ0) is 20.8. The fourth-order valence-corrected chi connectivity index (χ4v) is 7.78. The molecule has 158 valence electrons. The Hall–Kier alpha value is -1.96. The first-order valence-electron chi connectivity index (χ1n) is 10.7. The molecule has 0 amide bonds. The van der Waals surface area contributed by atoms with Gasteiger partial charge >= 0.3 is 0 Å². The number of nitrogens with one attached hydrogen (secondary N) is 3. The van der Waals surface area contributed by atoms with Crippen LogP contribution in [-0.4, -0.2) is 19.1 Å². The van der Waals surface area contributed by atoms with Gasteiger partial charge in [-0.05, 0) is 105 Å². The molecule has 2 aromatic rings. The molecule has 0 radical (unpaired) electrons. The van der Waals surface area contributed by atoms with Crippen molar-refractivity contribution in [3.05, 3.63) is 54.6 Å². The van der Waals surface area contributed by atoms with Crippen molar-refractivity contribution in [2.24, 2.45) is 17.8 Å². The first-order chi connectivity index (χ1) is 14.4. The Kier molecular flexibility index (Phi) is 5.08. The number of para-hydroxylation sites is 1. The van der Waals surface area contributed by atoms with Crippen molar-refractivity contribution < 1.29 is 8.42 Å². The number of anilines is 2. The van der Waals surface area contributed by atoms with Crippen molar-refractivity contribution >= 4 is 38.7 Å². The van der Waals surface area contributed by atoms with Gasteiger partial charge in [0.1, 0.15) is 0 Å².